The molecule has 5 nitrogen and oxygen atoms in total. The van der Waals surface area contributed by atoms with Gasteiger partial charge in [0, 0.05) is 44.4 Å². The van der Waals surface area contributed by atoms with E-state index in [-0.39, 0.29) is 36.6 Å². The summed E-state index contributed by atoms with van der Waals surface area (Å²) in [7, 11) is 3.21. The fourth-order valence-corrected chi connectivity index (χ4v) is 2.99. The summed E-state index contributed by atoms with van der Waals surface area (Å²) < 4.78 is 10.7. The number of phenols is 1. The first-order valence-corrected chi connectivity index (χ1v) is 7.71. The van der Waals surface area contributed by atoms with Gasteiger partial charge in [-0.2, -0.15) is 0 Å². The van der Waals surface area contributed by atoms with Crippen molar-refractivity contribution in [3.63, 3.8) is 0 Å². The van der Waals surface area contributed by atoms with E-state index in [1.165, 1.54) is 0 Å². The molecule has 0 spiro atoms. The van der Waals surface area contributed by atoms with Gasteiger partial charge in [0.2, 0.25) is 0 Å². The zero-order chi connectivity index (χ0) is 15.9. The van der Waals surface area contributed by atoms with Crippen LogP contribution in [0.15, 0.2) is 24.8 Å². The fraction of sp³-hybridized carbons (Fsp3) is 0.529. The minimum absolute atomic E-state index is 0. The molecule has 1 aromatic rings. The van der Waals surface area contributed by atoms with Crippen molar-refractivity contribution in [2.75, 3.05) is 40.4 Å². The van der Waals surface area contributed by atoms with E-state index in [0.717, 1.165) is 44.6 Å². The number of allylic oxidation sites excluding steroid dienone is 1. The third-order valence-electron chi connectivity index (χ3n) is 4.12. The summed E-state index contributed by atoms with van der Waals surface area (Å²) in [6.45, 7) is 7.65. The molecule has 138 valence electrons. The molecule has 1 aromatic carbocycles. The Balaban J connectivity index is 0.00000264. The number of aromatic hydroxyl groups is 1. The lowest BCUT2D eigenvalue weighted by molar-refractivity contribution is 0.160. The molecule has 0 radical (unpaired) electrons. The first-order valence-electron chi connectivity index (χ1n) is 7.71. The average Bonchev–Trinajstić information content (AvgIpc) is 2.56. The van der Waals surface area contributed by atoms with E-state index in [0.29, 0.717) is 11.5 Å². The second-order valence-corrected chi connectivity index (χ2v) is 5.43. The van der Waals surface area contributed by atoms with Gasteiger partial charge in [-0.25, -0.2) is 0 Å². The molecule has 1 atom stereocenters. The van der Waals surface area contributed by atoms with Crippen molar-refractivity contribution >= 4 is 24.8 Å². The molecule has 1 saturated heterocycles. The maximum atomic E-state index is 10.5. The number of hydrogen-bond donors (Lipinski definition) is 2. The van der Waals surface area contributed by atoms with E-state index in [9.17, 15) is 5.11 Å². The lowest BCUT2D eigenvalue weighted by atomic mass is 9.97. The van der Waals surface area contributed by atoms with E-state index in [1.807, 2.05) is 12.1 Å². The highest BCUT2D eigenvalue weighted by Gasteiger charge is 2.27. The van der Waals surface area contributed by atoms with Crippen LogP contribution in [0.1, 0.15) is 24.4 Å². The molecule has 2 rings (SSSR count). The monoisotopic (exact) mass is 378 g/mol. The number of piperazine rings is 1. The van der Waals surface area contributed by atoms with Crippen molar-refractivity contribution in [1.29, 1.82) is 0 Å². The van der Waals surface area contributed by atoms with Gasteiger partial charge in [0.1, 0.15) is 17.2 Å². The van der Waals surface area contributed by atoms with Crippen molar-refractivity contribution in [1.82, 2.24) is 10.2 Å². The highest BCUT2D eigenvalue weighted by molar-refractivity contribution is 5.85. The normalized spacial score (nSPS) is 15.6. The Bertz CT molecular complexity index is 509. The van der Waals surface area contributed by atoms with Gasteiger partial charge in [-0.3, -0.25) is 4.90 Å². The molecule has 0 aliphatic carbocycles. The van der Waals surface area contributed by atoms with Crippen LogP contribution in [-0.2, 0) is 0 Å². The van der Waals surface area contributed by atoms with Gasteiger partial charge >= 0.3 is 0 Å². The molecule has 0 unspecified atom stereocenters. The molecule has 1 fully saturated rings. The average molecular weight is 379 g/mol. The molecule has 1 aliphatic heterocycles. The summed E-state index contributed by atoms with van der Waals surface area (Å²) in [5, 5.41) is 13.9. The number of nitrogens with one attached hydrogen (secondary N) is 1. The molecule has 1 aliphatic rings. The highest BCUT2D eigenvalue weighted by Crippen LogP contribution is 2.41. The number of rotatable bonds is 7. The number of hydrogen-bond acceptors (Lipinski definition) is 5. The van der Waals surface area contributed by atoms with Gasteiger partial charge in [-0.1, -0.05) is 6.08 Å². The summed E-state index contributed by atoms with van der Waals surface area (Å²) in [5.41, 5.74) is 0.840. The summed E-state index contributed by atoms with van der Waals surface area (Å²) >= 11 is 0. The Morgan fingerprint density at radius 2 is 1.92 bits per heavy atom. The fourth-order valence-electron chi connectivity index (χ4n) is 2.99. The number of nitrogens with zero attached hydrogens (tertiary/aromatic N) is 1. The maximum Gasteiger partial charge on any atom is 0.131 e. The molecule has 0 saturated carbocycles. The van der Waals surface area contributed by atoms with Crippen LogP contribution in [0.3, 0.4) is 0 Å². The smallest absolute Gasteiger partial charge is 0.131 e. The quantitative estimate of drug-likeness (QED) is 0.713. The lowest BCUT2D eigenvalue weighted by Crippen LogP contribution is -2.45. The van der Waals surface area contributed by atoms with E-state index in [2.05, 4.69) is 16.8 Å². The SMILES string of the molecule is C=CCC[C@H](c1c(O)cc(OC)cc1OC)N1CCNCC1.Cl.Cl. The van der Waals surface area contributed by atoms with E-state index in [4.69, 9.17) is 9.47 Å². The predicted octanol–water partition coefficient (Wildman–Crippen LogP) is 3.17. The first-order chi connectivity index (χ1) is 10.7. The minimum Gasteiger partial charge on any atom is -0.507 e. The van der Waals surface area contributed by atoms with Crippen LogP contribution in [0.5, 0.6) is 17.2 Å². The number of methoxy groups -OCH3 is 2. The van der Waals surface area contributed by atoms with Crippen LogP contribution < -0.4 is 14.8 Å². The molecular weight excluding hydrogens is 351 g/mol. The van der Waals surface area contributed by atoms with Crippen molar-refractivity contribution in [3.05, 3.63) is 30.4 Å². The van der Waals surface area contributed by atoms with Gasteiger partial charge < -0.3 is 19.9 Å². The van der Waals surface area contributed by atoms with Gasteiger partial charge in [-0.05, 0) is 12.8 Å². The maximum absolute atomic E-state index is 10.5. The Hall–Kier alpha value is -1.14. The predicted molar refractivity (Wildman–Crippen MR) is 102 cm³/mol. The van der Waals surface area contributed by atoms with E-state index in [1.54, 1.807) is 20.3 Å². The zero-order valence-corrected chi connectivity index (χ0v) is 15.9. The van der Waals surface area contributed by atoms with Crippen LogP contribution >= 0.6 is 24.8 Å². The van der Waals surface area contributed by atoms with Crippen LogP contribution in [0.2, 0.25) is 0 Å². The molecular formula is C17H28Cl2N2O3. The largest absolute Gasteiger partial charge is 0.507 e. The third-order valence-corrected chi connectivity index (χ3v) is 4.12. The van der Waals surface area contributed by atoms with Gasteiger partial charge in [0.15, 0.2) is 0 Å². The molecule has 0 bridgehead atoms. The Kier molecular flexibility index (Phi) is 10.9. The first kappa shape index (κ1) is 22.9. The van der Waals surface area contributed by atoms with E-state index >= 15 is 0 Å². The van der Waals surface area contributed by atoms with Crippen molar-refractivity contribution in [2.24, 2.45) is 0 Å². The van der Waals surface area contributed by atoms with Crippen molar-refractivity contribution in [2.45, 2.75) is 18.9 Å². The second-order valence-electron chi connectivity index (χ2n) is 5.43. The number of phenolic OH excluding ortho intramolecular Hbond substituents is 1. The van der Waals surface area contributed by atoms with Gasteiger partial charge in [0.05, 0.1) is 19.8 Å². The molecule has 2 N–H and O–H groups in total. The molecule has 1 heterocycles. The highest BCUT2D eigenvalue weighted by atomic mass is 35.5. The summed E-state index contributed by atoms with van der Waals surface area (Å²) in [6, 6.07) is 3.60. The number of halogens is 2. The summed E-state index contributed by atoms with van der Waals surface area (Å²) in [5.74, 6) is 1.49. The molecule has 0 amide bonds. The van der Waals surface area contributed by atoms with E-state index < -0.39 is 0 Å². The van der Waals surface area contributed by atoms with Crippen LogP contribution in [0, 0.1) is 0 Å². The Morgan fingerprint density at radius 3 is 2.46 bits per heavy atom. The molecule has 0 aromatic heterocycles. The molecule has 7 heteroatoms. The van der Waals surface area contributed by atoms with Crippen LogP contribution in [-0.4, -0.2) is 50.4 Å². The third kappa shape index (κ3) is 5.45. The Labute approximate surface area is 156 Å². The van der Waals surface area contributed by atoms with Gasteiger partial charge in [-0.15, -0.1) is 31.4 Å². The standard InChI is InChI=1S/C17H26N2O3.2ClH/c1-4-5-6-14(19-9-7-18-8-10-19)17-15(20)11-13(21-2)12-16(17)22-3;;/h4,11-12,14,18,20H,1,5-10H2,2-3H3;2*1H/t14-;;/m1../s1. The summed E-state index contributed by atoms with van der Waals surface area (Å²) in [6.07, 6.45) is 3.71. The lowest BCUT2D eigenvalue weighted by Gasteiger charge is -2.36. The second kappa shape index (κ2) is 11.4. The number of ether oxygens (including phenoxy) is 2. The number of benzene rings is 1. The topological polar surface area (TPSA) is 54.0 Å². The Morgan fingerprint density at radius 1 is 1.25 bits per heavy atom. The van der Waals surface area contributed by atoms with Crippen LogP contribution in [0.25, 0.3) is 0 Å². The van der Waals surface area contributed by atoms with Crippen LogP contribution in [0.4, 0.5) is 0 Å². The van der Waals surface area contributed by atoms with Crippen molar-refractivity contribution in [3.8, 4) is 17.2 Å². The van der Waals surface area contributed by atoms with Gasteiger partial charge in [0.25, 0.3) is 0 Å². The zero-order valence-electron chi connectivity index (χ0n) is 14.3. The minimum atomic E-state index is 0. The summed E-state index contributed by atoms with van der Waals surface area (Å²) in [4.78, 5) is 2.39. The molecule has 24 heavy (non-hydrogen) atoms. The van der Waals surface area contributed by atoms with Crippen molar-refractivity contribution < 1.29 is 14.6 Å².